The molecule has 0 aromatic heterocycles. The van der Waals surface area contributed by atoms with E-state index in [-0.39, 0.29) is 6.29 Å². The van der Waals surface area contributed by atoms with Gasteiger partial charge >= 0.3 is 0 Å². The molecule has 2 atom stereocenters. The van der Waals surface area contributed by atoms with Crippen LogP contribution < -0.4 is 0 Å². The van der Waals surface area contributed by atoms with Crippen molar-refractivity contribution in [1.82, 2.24) is 0 Å². The van der Waals surface area contributed by atoms with E-state index in [2.05, 4.69) is 6.92 Å². The smallest absolute Gasteiger partial charge is 0.157 e. The molecular weight excluding hydrogens is 204 g/mol. The van der Waals surface area contributed by atoms with Crippen LogP contribution in [0, 0.1) is 5.92 Å². The summed E-state index contributed by atoms with van der Waals surface area (Å²) < 4.78 is 11.1. The van der Waals surface area contributed by atoms with E-state index in [0.29, 0.717) is 12.5 Å². The predicted octanol–water partition coefficient (Wildman–Crippen LogP) is 2.72. The molecule has 1 fully saturated rings. The van der Waals surface area contributed by atoms with Crippen molar-refractivity contribution >= 4 is 0 Å². The standard InChI is InChI=1S/C13H26O3/c1-2-12(11-14)7-3-5-9-15-13-8-4-6-10-16-13/h12-14H,2-11H2,1H3/t12-,13+/m0/s1. The van der Waals surface area contributed by atoms with Gasteiger partial charge in [0.05, 0.1) is 0 Å². The van der Waals surface area contributed by atoms with Crippen LogP contribution in [0.25, 0.3) is 0 Å². The normalized spacial score (nSPS) is 23.2. The van der Waals surface area contributed by atoms with Crippen molar-refractivity contribution in [3.8, 4) is 0 Å². The molecule has 16 heavy (non-hydrogen) atoms. The third kappa shape index (κ3) is 5.83. The highest BCUT2D eigenvalue weighted by Gasteiger charge is 2.13. The van der Waals surface area contributed by atoms with Gasteiger partial charge in [-0.1, -0.05) is 19.8 Å². The minimum absolute atomic E-state index is 0.0496. The quantitative estimate of drug-likeness (QED) is 0.652. The first-order valence-corrected chi connectivity index (χ1v) is 6.71. The average Bonchev–Trinajstić information content (AvgIpc) is 2.35. The molecule has 1 N–H and O–H groups in total. The molecule has 1 aliphatic rings. The van der Waals surface area contributed by atoms with Crippen LogP contribution in [0.5, 0.6) is 0 Å². The molecule has 0 amide bonds. The highest BCUT2D eigenvalue weighted by atomic mass is 16.7. The molecule has 0 aromatic carbocycles. The van der Waals surface area contributed by atoms with Crippen LogP contribution in [-0.2, 0) is 9.47 Å². The number of unbranched alkanes of at least 4 members (excludes halogenated alkanes) is 1. The summed E-state index contributed by atoms with van der Waals surface area (Å²) in [5.74, 6) is 0.478. The highest BCUT2D eigenvalue weighted by Crippen LogP contribution is 2.15. The summed E-state index contributed by atoms with van der Waals surface area (Å²) in [6.45, 7) is 4.11. The maximum Gasteiger partial charge on any atom is 0.157 e. The van der Waals surface area contributed by atoms with Gasteiger partial charge in [0.25, 0.3) is 0 Å². The first kappa shape index (κ1) is 13.9. The molecule has 3 heteroatoms. The Balaban J connectivity index is 1.90. The fourth-order valence-corrected chi connectivity index (χ4v) is 2.02. The zero-order valence-electron chi connectivity index (χ0n) is 10.5. The second kappa shape index (κ2) is 8.97. The van der Waals surface area contributed by atoms with Gasteiger partial charge in [0.1, 0.15) is 0 Å². The number of rotatable bonds is 8. The summed E-state index contributed by atoms with van der Waals surface area (Å²) in [5, 5.41) is 9.04. The SMILES string of the molecule is CC[C@H](CO)CCCCO[C@H]1CCCCO1. The van der Waals surface area contributed by atoms with Crippen molar-refractivity contribution in [2.75, 3.05) is 19.8 Å². The Kier molecular flexibility index (Phi) is 7.81. The second-order valence-electron chi connectivity index (χ2n) is 4.62. The van der Waals surface area contributed by atoms with Crippen LogP contribution in [-0.4, -0.2) is 31.2 Å². The van der Waals surface area contributed by atoms with Crippen molar-refractivity contribution in [3.05, 3.63) is 0 Å². The van der Waals surface area contributed by atoms with Gasteiger partial charge in [-0.3, -0.25) is 0 Å². The number of ether oxygens (including phenoxy) is 2. The fourth-order valence-electron chi connectivity index (χ4n) is 2.02. The molecule has 1 heterocycles. The third-order valence-corrected chi connectivity index (χ3v) is 3.28. The number of hydrogen-bond donors (Lipinski definition) is 1. The van der Waals surface area contributed by atoms with E-state index in [1.807, 2.05) is 0 Å². The Bertz CT molecular complexity index is 151. The minimum atomic E-state index is 0.0496. The molecule has 0 aromatic rings. The molecule has 1 rings (SSSR count). The largest absolute Gasteiger partial charge is 0.396 e. The Morgan fingerprint density at radius 2 is 2.25 bits per heavy atom. The van der Waals surface area contributed by atoms with Gasteiger partial charge in [0.15, 0.2) is 6.29 Å². The monoisotopic (exact) mass is 230 g/mol. The van der Waals surface area contributed by atoms with E-state index in [4.69, 9.17) is 14.6 Å². The minimum Gasteiger partial charge on any atom is -0.396 e. The molecule has 0 spiro atoms. The second-order valence-corrected chi connectivity index (χ2v) is 4.62. The Hall–Kier alpha value is -0.120. The summed E-state index contributed by atoms with van der Waals surface area (Å²) in [5.41, 5.74) is 0. The number of aliphatic hydroxyl groups excluding tert-OH is 1. The predicted molar refractivity (Wildman–Crippen MR) is 64.3 cm³/mol. The van der Waals surface area contributed by atoms with Gasteiger partial charge in [-0.15, -0.1) is 0 Å². The topological polar surface area (TPSA) is 38.7 Å². The lowest BCUT2D eigenvalue weighted by molar-refractivity contribution is -0.162. The van der Waals surface area contributed by atoms with E-state index >= 15 is 0 Å². The maximum absolute atomic E-state index is 9.04. The molecule has 3 nitrogen and oxygen atoms in total. The summed E-state index contributed by atoms with van der Waals surface area (Å²) in [6, 6.07) is 0. The zero-order valence-corrected chi connectivity index (χ0v) is 10.5. The molecule has 96 valence electrons. The van der Waals surface area contributed by atoms with Crippen LogP contribution in [0.15, 0.2) is 0 Å². The van der Waals surface area contributed by atoms with Crippen molar-refractivity contribution in [1.29, 1.82) is 0 Å². The van der Waals surface area contributed by atoms with Crippen LogP contribution in [0.1, 0.15) is 51.9 Å². The fraction of sp³-hybridized carbons (Fsp3) is 1.00. The average molecular weight is 230 g/mol. The van der Waals surface area contributed by atoms with E-state index in [0.717, 1.165) is 45.3 Å². The van der Waals surface area contributed by atoms with Crippen molar-refractivity contribution in [2.45, 2.75) is 58.2 Å². The van der Waals surface area contributed by atoms with Crippen LogP contribution >= 0.6 is 0 Å². The first-order valence-electron chi connectivity index (χ1n) is 6.71. The lowest BCUT2D eigenvalue weighted by Gasteiger charge is -2.22. The third-order valence-electron chi connectivity index (χ3n) is 3.28. The van der Waals surface area contributed by atoms with E-state index < -0.39 is 0 Å². The summed E-state index contributed by atoms with van der Waals surface area (Å²) in [4.78, 5) is 0. The molecule has 0 saturated carbocycles. The molecular formula is C13H26O3. The lowest BCUT2D eigenvalue weighted by atomic mass is 10.0. The molecule has 1 aliphatic heterocycles. The highest BCUT2D eigenvalue weighted by molar-refractivity contribution is 4.56. The Morgan fingerprint density at radius 1 is 1.38 bits per heavy atom. The lowest BCUT2D eigenvalue weighted by Crippen LogP contribution is -2.22. The van der Waals surface area contributed by atoms with Gasteiger partial charge in [-0.2, -0.15) is 0 Å². The van der Waals surface area contributed by atoms with E-state index in [1.165, 1.54) is 12.8 Å². The number of hydrogen-bond acceptors (Lipinski definition) is 3. The maximum atomic E-state index is 9.04. The van der Waals surface area contributed by atoms with Crippen molar-refractivity contribution in [3.63, 3.8) is 0 Å². The zero-order chi connectivity index (χ0) is 11.6. The van der Waals surface area contributed by atoms with Gasteiger partial charge in [-0.05, 0) is 38.0 Å². The van der Waals surface area contributed by atoms with Gasteiger partial charge in [0, 0.05) is 19.8 Å². The summed E-state index contributed by atoms with van der Waals surface area (Å²) >= 11 is 0. The Labute approximate surface area is 99.1 Å². The van der Waals surface area contributed by atoms with Crippen LogP contribution in [0.3, 0.4) is 0 Å². The van der Waals surface area contributed by atoms with Gasteiger partial charge < -0.3 is 14.6 Å². The van der Waals surface area contributed by atoms with Gasteiger partial charge in [0.2, 0.25) is 0 Å². The molecule has 0 radical (unpaired) electrons. The molecule has 0 bridgehead atoms. The van der Waals surface area contributed by atoms with Crippen molar-refractivity contribution in [2.24, 2.45) is 5.92 Å². The molecule has 1 saturated heterocycles. The molecule has 0 aliphatic carbocycles. The summed E-state index contributed by atoms with van der Waals surface area (Å²) in [7, 11) is 0. The summed E-state index contributed by atoms with van der Waals surface area (Å²) in [6.07, 6.45) is 7.91. The van der Waals surface area contributed by atoms with Crippen molar-refractivity contribution < 1.29 is 14.6 Å². The van der Waals surface area contributed by atoms with E-state index in [1.54, 1.807) is 0 Å². The van der Waals surface area contributed by atoms with E-state index in [9.17, 15) is 0 Å². The van der Waals surface area contributed by atoms with Gasteiger partial charge in [-0.25, -0.2) is 0 Å². The molecule has 0 unspecified atom stereocenters. The van der Waals surface area contributed by atoms with Crippen LogP contribution in [0.2, 0.25) is 0 Å². The number of aliphatic hydroxyl groups is 1. The first-order chi connectivity index (χ1) is 7.86. The Morgan fingerprint density at radius 3 is 2.88 bits per heavy atom. The van der Waals surface area contributed by atoms with Crippen LogP contribution in [0.4, 0.5) is 0 Å².